The van der Waals surface area contributed by atoms with Gasteiger partial charge in [0.2, 0.25) is 0 Å². The van der Waals surface area contributed by atoms with Gasteiger partial charge in [0, 0.05) is 48.8 Å². The van der Waals surface area contributed by atoms with Gasteiger partial charge in [-0.1, -0.05) is 0 Å². The van der Waals surface area contributed by atoms with Gasteiger partial charge in [-0.25, -0.2) is 22.8 Å². The maximum Gasteiger partial charge on any atom is 0.470 e. The highest BCUT2D eigenvalue weighted by Gasteiger charge is 2.59. The van der Waals surface area contributed by atoms with Crippen molar-refractivity contribution in [1.29, 1.82) is 0 Å². The monoisotopic (exact) mass is 898 g/mol. The molecule has 0 saturated heterocycles. The molecule has 0 aromatic rings. The van der Waals surface area contributed by atoms with E-state index < -0.39 is 112 Å². The van der Waals surface area contributed by atoms with Crippen LogP contribution < -0.4 is 0 Å². The first-order valence-electron chi connectivity index (χ1n) is 15.3. The average molecular weight is 898 g/mol. The molecule has 32 heteroatoms. The quantitative estimate of drug-likeness (QED) is 0.0408. The maximum absolute atomic E-state index is 11.9. The van der Waals surface area contributed by atoms with Crippen LogP contribution in [-0.4, -0.2) is 171 Å². The van der Waals surface area contributed by atoms with Gasteiger partial charge in [0.25, 0.3) is 0 Å². The summed E-state index contributed by atoms with van der Waals surface area (Å²) in [6, 6.07) is 0. The summed E-state index contributed by atoms with van der Waals surface area (Å²) in [5.74, 6) is 0. The van der Waals surface area contributed by atoms with Gasteiger partial charge in [0.1, 0.15) is 73.2 Å². The lowest BCUT2D eigenvalue weighted by Gasteiger charge is -2.48. The largest absolute Gasteiger partial charge is 0.470 e. The van der Waals surface area contributed by atoms with E-state index in [-0.39, 0.29) is 32.5 Å². The van der Waals surface area contributed by atoms with Crippen LogP contribution in [-0.2, 0) is 78.6 Å². The Kier molecular flexibility index (Phi) is 19.6. The van der Waals surface area contributed by atoms with E-state index in [4.69, 9.17) is 55.8 Å². The molecular formula is C22H47O27P5. The summed E-state index contributed by atoms with van der Waals surface area (Å²) in [6.45, 7) is -0.579. The predicted octanol–water partition coefficient (Wildman–Crippen LogP) is -1.58. The van der Waals surface area contributed by atoms with Crippen LogP contribution in [0, 0.1) is 0 Å². The molecule has 2 fully saturated rings. The molecule has 54 heavy (non-hydrogen) atoms. The molecule has 0 radical (unpaired) electrons. The maximum atomic E-state index is 11.9. The lowest BCUT2D eigenvalue weighted by molar-refractivity contribution is -0.245. The van der Waals surface area contributed by atoms with E-state index in [0.29, 0.717) is 0 Å². The van der Waals surface area contributed by atoms with Crippen molar-refractivity contribution in [3.63, 3.8) is 0 Å². The molecule has 0 unspecified atom stereocenters. The highest BCUT2D eigenvalue weighted by molar-refractivity contribution is 7.47. The molecule has 0 aromatic heterocycles. The molecule has 27 nitrogen and oxygen atoms in total. The van der Waals surface area contributed by atoms with Crippen molar-refractivity contribution in [2.45, 2.75) is 92.5 Å². The smallest absolute Gasteiger partial charge is 0.376 e. The normalized spacial score (nSPS) is 33.2. The van der Waals surface area contributed by atoms with Crippen molar-refractivity contribution < 1.29 is 128 Å². The molecule has 0 amide bonds. The summed E-state index contributed by atoms with van der Waals surface area (Å²) in [5, 5.41) is 0. The third-order valence-corrected chi connectivity index (χ3v) is 10.5. The molecule has 2 saturated carbocycles. The van der Waals surface area contributed by atoms with E-state index >= 15 is 0 Å². The van der Waals surface area contributed by atoms with Crippen LogP contribution in [0.4, 0.5) is 0 Å². The molecule has 0 aliphatic heterocycles. The molecule has 2 rings (SSSR count). The summed E-state index contributed by atoms with van der Waals surface area (Å²) in [5.41, 5.74) is 0. The Bertz CT molecular complexity index is 1350. The second kappa shape index (κ2) is 21.0. The topological polar surface area (TPSA) is 398 Å². The van der Waals surface area contributed by atoms with E-state index in [1.54, 1.807) is 0 Å². The molecule has 2 aliphatic rings. The molecule has 12 atom stereocenters. The summed E-state index contributed by atoms with van der Waals surface area (Å²) in [7, 11) is -21.7. The summed E-state index contributed by atoms with van der Waals surface area (Å²) >= 11 is 0. The van der Waals surface area contributed by atoms with Crippen LogP contribution in [0.1, 0.15) is 19.3 Å². The van der Waals surface area contributed by atoms with Crippen LogP contribution in [0.15, 0.2) is 0 Å². The van der Waals surface area contributed by atoms with Gasteiger partial charge in [0.15, 0.2) is 0 Å². The van der Waals surface area contributed by atoms with Crippen molar-refractivity contribution >= 4 is 39.1 Å². The zero-order chi connectivity index (χ0) is 41.4. The van der Waals surface area contributed by atoms with Gasteiger partial charge in [-0.3, -0.25) is 22.6 Å². The van der Waals surface area contributed by atoms with E-state index in [1.807, 2.05) is 0 Å². The molecule has 0 spiro atoms. The zero-order valence-corrected chi connectivity index (χ0v) is 33.6. The van der Waals surface area contributed by atoms with Crippen molar-refractivity contribution in [1.82, 2.24) is 0 Å². The summed E-state index contributed by atoms with van der Waals surface area (Å²) in [4.78, 5) is 95.6. The van der Waals surface area contributed by atoms with Crippen LogP contribution >= 0.6 is 39.1 Å². The SMILES string of the molecule is CO[C@@H]1[C@@H](OP(=O)(O)O)[C@H](OC)[C@H](OCCCCCO[C@H]2[C@@H](OP(=O)(O)O)[C@H](OC)[C@@H](OC)[C@H](OP(=O)(O)O)[C@H]2OP(=O)(O)O)[C@H](OC)[C@H]1OP(=O)(O)O. The van der Waals surface area contributed by atoms with Gasteiger partial charge in [-0.2, -0.15) is 0 Å². The third-order valence-electron chi connectivity index (χ3n) is 7.95. The van der Waals surface area contributed by atoms with E-state index in [0.717, 1.165) is 35.5 Å². The Hall–Kier alpha value is 0.270. The molecule has 0 heterocycles. The van der Waals surface area contributed by atoms with Gasteiger partial charge in [-0.05, 0) is 19.3 Å². The number of hydrogen-bond donors (Lipinski definition) is 10. The molecule has 322 valence electrons. The van der Waals surface area contributed by atoms with Gasteiger partial charge in [0.05, 0.1) is 0 Å². The Morgan fingerprint density at radius 1 is 0.315 bits per heavy atom. The highest BCUT2D eigenvalue weighted by Crippen LogP contribution is 2.51. The fourth-order valence-corrected chi connectivity index (χ4v) is 8.96. The van der Waals surface area contributed by atoms with Gasteiger partial charge < -0.3 is 82.1 Å². The van der Waals surface area contributed by atoms with Gasteiger partial charge in [-0.15, -0.1) is 0 Å². The number of phosphoric acid groups is 5. The number of methoxy groups -OCH3 is 5. The fraction of sp³-hybridized carbons (Fsp3) is 1.00. The molecule has 2 aliphatic carbocycles. The number of phosphoric ester groups is 5. The summed E-state index contributed by atoms with van der Waals surface area (Å²) in [6.07, 6.45) is -20.2. The number of unbranched alkanes of at least 4 members (excludes halogenated alkanes) is 2. The molecular weight excluding hydrogens is 851 g/mol. The highest BCUT2D eigenvalue weighted by atomic mass is 31.2. The van der Waals surface area contributed by atoms with Crippen LogP contribution in [0.5, 0.6) is 0 Å². The second-order valence-electron chi connectivity index (χ2n) is 11.5. The first-order valence-corrected chi connectivity index (χ1v) is 22.9. The Morgan fingerprint density at radius 3 is 0.759 bits per heavy atom. The van der Waals surface area contributed by atoms with Crippen LogP contribution in [0.25, 0.3) is 0 Å². The fourth-order valence-electron chi connectivity index (χ4n) is 6.18. The third kappa shape index (κ3) is 15.8. The van der Waals surface area contributed by atoms with Crippen molar-refractivity contribution in [2.24, 2.45) is 0 Å². The molecule has 0 aromatic carbocycles. The first-order chi connectivity index (χ1) is 24.7. The van der Waals surface area contributed by atoms with E-state index in [9.17, 15) is 71.8 Å². The lowest BCUT2D eigenvalue weighted by atomic mass is 9.84. The van der Waals surface area contributed by atoms with E-state index in [2.05, 4.69) is 0 Å². The minimum atomic E-state index is -5.55. The van der Waals surface area contributed by atoms with Gasteiger partial charge >= 0.3 is 39.1 Å². The Morgan fingerprint density at radius 2 is 0.500 bits per heavy atom. The zero-order valence-electron chi connectivity index (χ0n) is 29.1. The van der Waals surface area contributed by atoms with E-state index in [1.165, 1.54) is 0 Å². The standard InChI is InChI=1S/C22H47O27P5/c1-38-11-12(39-2)21(48-53(32,33)34)22(49-54(35,36)37)17(20(11)47-52(29,30)31)44-10-8-6-7-9-43-16-13(40-3)18(45-50(23,24)25)15(42-5)19(14(16)41-4)46-51(26,27)28/h11-22H,6-10H2,1-5H3,(H2,23,24,25)(H2,26,27,28)(H2,29,30,31)(H2,32,33,34)(H2,35,36,37)/t11-,12-,13-,14+,15-,16+,17+,18+,19-,20+,21+,22+/m1/s1. The second-order valence-corrected chi connectivity index (χ2v) is 17.5. The number of rotatable bonds is 23. The lowest BCUT2D eigenvalue weighted by Crippen LogP contribution is -2.66. The van der Waals surface area contributed by atoms with Crippen molar-refractivity contribution in [3.8, 4) is 0 Å². The average Bonchev–Trinajstić information content (AvgIpc) is 2.99. The van der Waals surface area contributed by atoms with Crippen LogP contribution in [0.2, 0.25) is 0 Å². The first kappa shape index (κ1) is 50.4. The minimum Gasteiger partial charge on any atom is -0.376 e. The minimum absolute atomic E-state index is 0.0478. The van der Waals surface area contributed by atoms with Crippen molar-refractivity contribution in [3.05, 3.63) is 0 Å². The molecule has 10 N–H and O–H groups in total. The Balaban J connectivity index is 2.28. The molecule has 0 bridgehead atoms. The van der Waals surface area contributed by atoms with Crippen LogP contribution in [0.3, 0.4) is 0 Å². The number of hydrogen-bond acceptors (Lipinski definition) is 17. The predicted molar refractivity (Wildman–Crippen MR) is 172 cm³/mol. The summed E-state index contributed by atoms with van der Waals surface area (Å²) < 4.78 is 121. The van der Waals surface area contributed by atoms with Crippen molar-refractivity contribution in [2.75, 3.05) is 48.8 Å². The Labute approximate surface area is 307 Å². The number of ether oxygens (including phenoxy) is 7.